The number of rotatable bonds is 4. The highest BCUT2D eigenvalue weighted by Crippen LogP contribution is 2.13. The van der Waals surface area contributed by atoms with Crippen molar-refractivity contribution < 1.29 is 18.7 Å². The lowest BCUT2D eigenvalue weighted by Crippen LogP contribution is -2.39. The molecule has 0 bridgehead atoms. The van der Waals surface area contributed by atoms with Gasteiger partial charge in [0.15, 0.2) is 6.61 Å². The number of halogens is 1. The lowest BCUT2D eigenvalue weighted by atomic mass is 10.1. The Morgan fingerprint density at radius 1 is 1.00 bits per heavy atom. The van der Waals surface area contributed by atoms with Crippen LogP contribution >= 0.6 is 0 Å². The molecule has 0 aliphatic carbocycles. The first kappa shape index (κ1) is 18.9. The van der Waals surface area contributed by atoms with Gasteiger partial charge in [-0.1, -0.05) is 17.7 Å². The zero-order valence-corrected chi connectivity index (χ0v) is 15.4. The van der Waals surface area contributed by atoms with Crippen LogP contribution in [0, 0.1) is 12.7 Å². The van der Waals surface area contributed by atoms with E-state index in [9.17, 15) is 14.0 Å². The Bertz CT molecular complexity index is 807. The standard InChI is InChI=1S/C21H23FN2O3/c1-16-4-2-5-17(14-16)21(26)24-11-3-10-23(12-13-24)20(25)15-27-19-8-6-18(22)7-9-19/h2,4-9,14H,3,10-13,15H2,1H3. The summed E-state index contributed by atoms with van der Waals surface area (Å²) in [6, 6.07) is 13.1. The van der Waals surface area contributed by atoms with Gasteiger partial charge in [0.25, 0.3) is 11.8 Å². The Hall–Kier alpha value is -2.89. The largest absolute Gasteiger partial charge is 0.484 e. The monoisotopic (exact) mass is 370 g/mol. The lowest BCUT2D eigenvalue weighted by molar-refractivity contribution is -0.133. The molecule has 0 atom stereocenters. The molecule has 1 aliphatic heterocycles. The minimum atomic E-state index is -0.348. The first-order chi connectivity index (χ1) is 13.0. The maximum absolute atomic E-state index is 12.9. The molecule has 2 amide bonds. The van der Waals surface area contributed by atoms with Crippen molar-refractivity contribution in [3.8, 4) is 5.75 Å². The molecule has 0 unspecified atom stereocenters. The Morgan fingerprint density at radius 3 is 2.44 bits per heavy atom. The summed E-state index contributed by atoms with van der Waals surface area (Å²) in [5.41, 5.74) is 1.72. The predicted octanol–water partition coefficient (Wildman–Crippen LogP) is 2.89. The normalized spacial score (nSPS) is 14.6. The summed E-state index contributed by atoms with van der Waals surface area (Å²) in [4.78, 5) is 28.6. The number of benzene rings is 2. The van der Waals surface area contributed by atoms with Crippen molar-refractivity contribution >= 4 is 11.8 Å². The third kappa shape index (κ3) is 5.06. The van der Waals surface area contributed by atoms with Crippen LogP contribution in [0.4, 0.5) is 4.39 Å². The summed E-state index contributed by atoms with van der Waals surface area (Å²) >= 11 is 0. The minimum Gasteiger partial charge on any atom is -0.484 e. The fourth-order valence-corrected chi connectivity index (χ4v) is 3.10. The van der Waals surface area contributed by atoms with E-state index in [4.69, 9.17) is 4.74 Å². The van der Waals surface area contributed by atoms with Crippen molar-refractivity contribution in [3.63, 3.8) is 0 Å². The van der Waals surface area contributed by atoms with Gasteiger partial charge in [-0.25, -0.2) is 4.39 Å². The van der Waals surface area contributed by atoms with Crippen molar-refractivity contribution in [2.75, 3.05) is 32.8 Å². The lowest BCUT2D eigenvalue weighted by Gasteiger charge is -2.22. The third-order valence-electron chi connectivity index (χ3n) is 4.58. The SMILES string of the molecule is Cc1cccc(C(=O)N2CCCN(C(=O)COc3ccc(F)cc3)CC2)c1. The van der Waals surface area contributed by atoms with Crippen LogP contribution in [0.1, 0.15) is 22.3 Å². The van der Waals surface area contributed by atoms with Gasteiger partial charge < -0.3 is 14.5 Å². The van der Waals surface area contributed by atoms with Gasteiger partial charge >= 0.3 is 0 Å². The summed E-state index contributed by atoms with van der Waals surface area (Å²) in [7, 11) is 0. The number of aryl methyl sites for hydroxylation is 1. The van der Waals surface area contributed by atoms with Gasteiger partial charge in [-0.3, -0.25) is 9.59 Å². The second-order valence-corrected chi connectivity index (χ2v) is 6.64. The Labute approximate surface area is 158 Å². The molecule has 1 saturated heterocycles. The zero-order chi connectivity index (χ0) is 19.2. The maximum atomic E-state index is 12.9. The van der Waals surface area contributed by atoms with Gasteiger partial charge in [0.1, 0.15) is 11.6 Å². The molecule has 3 rings (SSSR count). The van der Waals surface area contributed by atoms with Crippen molar-refractivity contribution in [2.24, 2.45) is 0 Å². The summed E-state index contributed by atoms with van der Waals surface area (Å²) < 4.78 is 18.3. The van der Waals surface area contributed by atoms with Crippen molar-refractivity contribution in [1.29, 1.82) is 0 Å². The number of nitrogens with zero attached hydrogens (tertiary/aromatic N) is 2. The number of hydrogen-bond donors (Lipinski definition) is 0. The number of hydrogen-bond acceptors (Lipinski definition) is 3. The number of carbonyl (C=O) groups excluding carboxylic acids is 2. The van der Waals surface area contributed by atoms with E-state index in [1.807, 2.05) is 31.2 Å². The van der Waals surface area contributed by atoms with Crippen molar-refractivity contribution in [1.82, 2.24) is 9.80 Å². The van der Waals surface area contributed by atoms with E-state index >= 15 is 0 Å². The van der Waals surface area contributed by atoms with E-state index in [2.05, 4.69) is 0 Å². The van der Waals surface area contributed by atoms with E-state index < -0.39 is 0 Å². The molecule has 1 aliphatic rings. The van der Waals surface area contributed by atoms with E-state index in [0.29, 0.717) is 37.5 Å². The molecule has 5 nitrogen and oxygen atoms in total. The van der Waals surface area contributed by atoms with E-state index in [0.717, 1.165) is 12.0 Å². The van der Waals surface area contributed by atoms with Gasteiger partial charge in [-0.05, 0) is 49.7 Å². The second kappa shape index (κ2) is 8.66. The number of carbonyl (C=O) groups is 2. The maximum Gasteiger partial charge on any atom is 0.260 e. The number of ether oxygens (including phenoxy) is 1. The quantitative estimate of drug-likeness (QED) is 0.832. The molecule has 142 valence electrons. The fraction of sp³-hybridized carbons (Fsp3) is 0.333. The summed E-state index contributed by atoms with van der Waals surface area (Å²) in [5.74, 6) is -0.0323. The molecular weight excluding hydrogens is 347 g/mol. The highest BCUT2D eigenvalue weighted by Gasteiger charge is 2.23. The molecule has 2 aromatic carbocycles. The molecule has 1 fully saturated rings. The molecule has 27 heavy (non-hydrogen) atoms. The molecule has 0 saturated carbocycles. The van der Waals surface area contributed by atoms with Crippen LogP contribution < -0.4 is 4.74 Å². The zero-order valence-electron chi connectivity index (χ0n) is 15.4. The van der Waals surface area contributed by atoms with Crippen LogP contribution in [0.5, 0.6) is 5.75 Å². The van der Waals surface area contributed by atoms with Gasteiger partial charge in [-0.2, -0.15) is 0 Å². The number of amides is 2. The van der Waals surface area contributed by atoms with Crippen molar-refractivity contribution in [2.45, 2.75) is 13.3 Å². The van der Waals surface area contributed by atoms with Gasteiger partial charge in [0.05, 0.1) is 0 Å². The topological polar surface area (TPSA) is 49.9 Å². The van der Waals surface area contributed by atoms with Crippen LogP contribution in [0.3, 0.4) is 0 Å². The van der Waals surface area contributed by atoms with Gasteiger partial charge in [0, 0.05) is 31.7 Å². The summed E-state index contributed by atoms with van der Waals surface area (Å²) in [6.07, 6.45) is 0.722. The molecule has 1 heterocycles. The Balaban J connectivity index is 1.53. The molecule has 2 aromatic rings. The summed E-state index contributed by atoms with van der Waals surface area (Å²) in [5, 5.41) is 0. The minimum absolute atomic E-state index is 0.00411. The second-order valence-electron chi connectivity index (χ2n) is 6.64. The molecule has 0 spiro atoms. The van der Waals surface area contributed by atoms with Crippen LogP contribution in [0.2, 0.25) is 0 Å². The smallest absolute Gasteiger partial charge is 0.260 e. The highest BCUT2D eigenvalue weighted by atomic mass is 19.1. The Morgan fingerprint density at radius 2 is 1.70 bits per heavy atom. The van der Waals surface area contributed by atoms with Crippen molar-refractivity contribution in [3.05, 3.63) is 65.5 Å². The average Bonchev–Trinajstić information content (AvgIpc) is 2.93. The highest BCUT2D eigenvalue weighted by molar-refractivity contribution is 5.94. The average molecular weight is 370 g/mol. The molecule has 6 heteroatoms. The first-order valence-electron chi connectivity index (χ1n) is 9.05. The van der Waals surface area contributed by atoms with Crippen LogP contribution in [0.25, 0.3) is 0 Å². The van der Waals surface area contributed by atoms with Crippen LogP contribution in [-0.2, 0) is 4.79 Å². The van der Waals surface area contributed by atoms with Crippen LogP contribution in [-0.4, -0.2) is 54.4 Å². The van der Waals surface area contributed by atoms with E-state index in [-0.39, 0.29) is 24.2 Å². The van der Waals surface area contributed by atoms with E-state index in [1.54, 1.807) is 9.80 Å². The predicted molar refractivity (Wildman–Crippen MR) is 100 cm³/mol. The molecule has 0 N–H and O–H groups in total. The van der Waals surface area contributed by atoms with E-state index in [1.165, 1.54) is 24.3 Å². The first-order valence-corrected chi connectivity index (χ1v) is 9.05. The van der Waals surface area contributed by atoms with Gasteiger partial charge in [-0.15, -0.1) is 0 Å². The van der Waals surface area contributed by atoms with Crippen LogP contribution in [0.15, 0.2) is 48.5 Å². The molecule has 0 radical (unpaired) electrons. The fourth-order valence-electron chi connectivity index (χ4n) is 3.10. The van der Waals surface area contributed by atoms with Gasteiger partial charge in [0.2, 0.25) is 0 Å². The molecule has 0 aromatic heterocycles. The Kier molecular flexibility index (Phi) is 6.06. The molecular formula is C21H23FN2O3. The third-order valence-corrected chi connectivity index (χ3v) is 4.58. The summed E-state index contributed by atoms with van der Waals surface area (Å²) in [6.45, 7) is 4.04.